The van der Waals surface area contributed by atoms with Gasteiger partial charge in [-0.1, -0.05) is 113 Å². The predicted molar refractivity (Wildman–Crippen MR) is 289 cm³/mol. The molecule has 1 amide bonds. The summed E-state index contributed by atoms with van der Waals surface area (Å²) in [7, 11) is -1.41. The minimum atomic E-state index is -1.41. The number of carbonyl (C=O) groups excluding carboxylic acids is 6. The number of rotatable bonds is 48. The maximum absolute atomic E-state index is 13.1. The number of ketones is 3. The molecule has 0 aliphatic carbocycles. The Morgan fingerprint density at radius 1 is 0.507 bits per heavy atom. The monoisotopic (exact) mass is 1040 g/mol. The fraction of sp³-hybridized carbons (Fsp3) is 0.679. The molecule has 0 aliphatic rings. The van der Waals surface area contributed by atoms with Gasteiger partial charge in [0.05, 0.1) is 72.6 Å². The summed E-state index contributed by atoms with van der Waals surface area (Å²) in [5.41, 5.74) is 1.11. The van der Waals surface area contributed by atoms with Gasteiger partial charge < -0.3 is 38.6 Å². The fourth-order valence-electron chi connectivity index (χ4n) is 7.46. The van der Waals surface area contributed by atoms with Gasteiger partial charge in [-0.2, -0.15) is 0 Å². The first kappa shape index (κ1) is 64.9. The van der Waals surface area contributed by atoms with Crippen LogP contribution in [0.1, 0.15) is 124 Å². The van der Waals surface area contributed by atoms with E-state index in [-0.39, 0.29) is 68.6 Å². The van der Waals surface area contributed by atoms with Crippen LogP contribution in [0.25, 0.3) is 0 Å². The molecule has 3 N–H and O–H groups in total. The number of hydrogen-bond donors (Lipinski definition) is 3. The van der Waals surface area contributed by atoms with E-state index in [9.17, 15) is 28.8 Å². The third-order valence-corrected chi connectivity index (χ3v) is 13.6. The van der Waals surface area contributed by atoms with E-state index in [4.69, 9.17) is 28.4 Å². The van der Waals surface area contributed by atoms with Crippen molar-refractivity contribution < 1.29 is 57.2 Å². The normalized spacial score (nSPS) is 12.4. The average Bonchev–Trinajstić information content (AvgIpc) is 3.38. The summed E-state index contributed by atoms with van der Waals surface area (Å²) in [6.45, 7) is 18.7. The van der Waals surface area contributed by atoms with Crippen molar-refractivity contribution in [3.63, 3.8) is 0 Å². The summed E-state index contributed by atoms with van der Waals surface area (Å²) in [5.74, 6) is -1.20. The summed E-state index contributed by atoms with van der Waals surface area (Å²) in [6, 6.07) is 17.1. The Morgan fingerprint density at radius 2 is 0.973 bits per heavy atom. The van der Waals surface area contributed by atoms with E-state index < -0.39 is 32.1 Å². The number of nitrogens with zero attached hydrogens (tertiary/aromatic N) is 1. The molecule has 0 spiro atoms. The number of ether oxygens (including phenoxy) is 6. The molecule has 17 heteroatoms. The fourth-order valence-corrected chi connectivity index (χ4v) is 8.17. The number of amides is 1. The first-order valence-electron chi connectivity index (χ1n) is 27.1. The van der Waals surface area contributed by atoms with Crippen LogP contribution >= 0.6 is 0 Å². The molecule has 412 valence electrons. The van der Waals surface area contributed by atoms with E-state index in [1.54, 1.807) is 48.5 Å². The minimum absolute atomic E-state index is 0.0177. The van der Waals surface area contributed by atoms with Crippen LogP contribution in [-0.2, 0) is 47.6 Å². The molecule has 73 heavy (non-hydrogen) atoms. The summed E-state index contributed by atoms with van der Waals surface area (Å²) >= 11 is 0. The second-order valence-corrected chi connectivity index (χ2v) is 25.2. The summed E-state index contributed by atoms with van der Waals surface area (Å²) in [6.07, 6.45) is 9.27. The predicted octanol–water partition coefficient (Wildman–Crippen LogP) is 7.65. The zero-order valence-electron chi connectivity index (χ0n) is 45.2. The molecule has 0 radical (unpaired) electrons. The van der Waals surface area contributed by atoms with Crippen LogP contribution in [-0.4, -0.2) is 166 Å². The third-order valence-electron chi connectivity index (χ3n) is 11.9. The van der Waals surface area contributed by atoms with Crippen molar-refractivity contribution >= 4 is 43.3 Å². The van der Waals surface area contributed by atoms with E-state index in [1.807, 2.05) is 19.1 Å². The Hall–Kier alpha value is -4.20. The van der Waals surface area contributed by atoms with Gasteiger partial charge in [-0.25, -0.2) is 0 Å². The smallest absolute Gasteiger partial charge is 0.323 e. The third kappa shape index (κ3) is 34.8. The summed E-state index contributed by atoms with van der Waals surface area (Å²) < 4.78 is 33.5. The van der Waals surface area contributed by atoms with E-state index in [0.717, 1.165) is 83.7 Å². The lowest BCUT2D eigenvalue weighted by molar-refractivity contribution is -0.147. The largest absolute Gasteiger partial charge is 0.465 e. The van der Waals surface area contributed by atoms with Crippen molar-refractivity contribution in [2.24, 2.45) is 0 Å². The van der Waals surface area contributed by atoms with Gasteiger partial charge in [0.1, 0.15) is 17.9 Å². The Morgan fingerprint density at radius 3 is 1.49 bits per heavy atom. The van der Waals surface area contributed by atoms with Gasteiger partial charge in [-0.15, -0.1) is 0 Å². The van der Waals surface area contributed by atoms with Gasteiger partial charge in [0.15, 0.2) is 11.6 Å². The van der Waals surface area contributed by atoms with E-state index in [1.165, 1.54) is 0 Å². The lowest BCUT2D eigenvalue weighted by Crippen LogP contribution is -2.42. The highest BCUT2D eigenvalue weighted by Crippen LogP contribution is 2.13. The van der Waals surface area contributed by atoms with Crippen LogP contribution in [0.3, 0.4) is 0 Å². The standard InChI is InChI=1S/C56H92N4O12Si/c1-6-34-67-37-39-69-41-42-70-40-38-68-36-33-60(32-20-12-18-30-57-54(64)29-28-51(55(65)71-35-7-2)59-46-53(63)48-23-15-11-16-24-48)31-19-9-8-17-25-49(61)26-27-50(56(66)72-43-44-73(3,4)5)58-45-52(62)47-21-13-10-14-22-47/h10-11,13-16,21-24,50-51,58-59H,6-9,12,17-20,25-46H2,1-5H3,(H,57,64)/t50-,51-/m0/s1. The molecule has 2 aromatic rings. The first-order chi connectivity index (χ1) is 35.3. The topological polar surface area (TPSA) is 197 Å². The van der Waals surface area contributed by atoms with E-state index in [2.05, 4.69) is 47.4 Å². The summed E-state index contributed by atoms with van der Waals surface area (Å²) in [4.78, 5) is 79.5. The number of hydrogen-bond acceptors (Lipinski definition) is 15. The molecule has 0 saturated heterocycles. The van der Waals surface area contributed by atoms with Crippen LogP contribution in [0, 0.1) is 0 Å². The Balaban J connectivity index is 1.78. The first-order valence-corrected chi connectivity index (χ1v) is 30.8. The van der Waals surface area contributed by atoms with Crippen molar-refractivity contribution in [1.29, 1.82) is 0 Å². The van der Waals surface area contributed by atoms with Crippen LogP contribution in [0.2, 0.25) is 25.7 Å². The molecule has 2 atom stereocenters. The highest BCUT2D eigenvalue weighted by atomic mass is 28.3. The molecule has 0 heterocycles. The number of carbonyl (C=O) groups is 6. The van der Waals surface area contributed by atoms with Crippen LogP contribution < -0.4 is 16.0 Å². The molecule has 0 aliphatic heterocycles. The van der Waals surface area contributed by atoms with Crippen molar-refractivity contribution in [2.45, 2.75) is 142 Å². The highest BCUT2D eigenvalue weighted by Gasteiger charge is 2.24. The molecule has 0 fully saturated rings. The van der Waals surface area contributed by atoms with E-state index in [0.29, 0.717) is 83.4 Å². The highest BCUT2D eigenvalue weighted by molar-refractivity contribution is 6.76. The maximum atomic E-state index is 13.1. The Bertz CT molecular complexity index is 1790. The lowest BCUT2D eigenvalue weighted by Gasteiger charge is -2.22. The number of esters is 2. The van der Waals surface area contributed by atoms with Crippen molar-refractivity contribution in [1.82, 2.24) is 20.9 Å². The minimum Gasteiger partial charge on any atom is -0.465 e. The van der Waals surface area contributed by atoms with Crippen molar-refractivity contribution in [3.05, 3.63) is 71.8 Å². The molecular weight excluding hydrogens is 949 g/mol. The van der Waals surface area contributed by atoms with Gasteiger partial charge in [-0.3, -0.25) is 39.4 Å². The summed E-state index contributed by atoms with van der Waals surface area (Å²) in [5, 5.41) is 9.07. The lowest BCUT2D eigenvalue weighted by atomic mass is 10.0. The quantitative estimate of drug-likeness (QED) is 0.0253. The van der Waals surface area contributed by atoms with Gasteiger partial charge in [0.2, 0.25) is 5.91 Å². The Labute approximate surface area is 438 Å². The zero-order chi connectivity index (χ0) is 53.2. The second kappa shape index (κ2) is 42.1. The molecule has 0 saturated carbocycles. The molecule has 0 bridgehead atoms. The maximum Gasteiger partial charge on any atom is 0.323 e. The Kier molecular flexibility index (Phi) is 37.4. The molecule has 16 nitrogen and oxygen atoms in total. The molecule has 0 unspecified atom stereocenters. The molecule has 2 rings (SSSR count). The van der Waals surface area contributed by atoms with Gasteiger partial charge in [0, 0.05) is 58.2 Å². The van der Waals surface area contributed by atoms with Crippen LogP contribution in [0.4, 0.5) is 0 Å². The number of benzene rings is 2. The molecule has 0 aromatic heterocycles. The van der Waals surface area contributed by atoms with Crippen LogP contribution in [0.5, 0.6) is 0 Å². The SMILES string of the molecule is CCCOCCOCCOCCOCCN(CCCCCCC(=O)CC[C@H](NCC(=O)c1ccccc1)C(=O)OCC[Si](C)(C)C)CCCCCNC(=O)CC[C@H](NCC(=O)c1ccccc1)C(=O)OCCC. The van der Waals surface area contributed by atoms with Crippen LogP contribution in [0.15, 0.2) is 60.7 Å². The average molecular weight is 1040 g/mol. The second-order valence-electron chi connectivity index (χ2n) is 19.6. The van der Waals surface area contributed by atoms with Crippen molar-refractivity contribution in [3.8, 4) is 0 Å². The van der Waals surface area contributed by atoms with Crippen molar-refractivity contribution in [2.75, 3.05) is 105 Å². The number of unbranched alkanes of at least 4 members (excludes halogenated alkanes) is 5. The number of nitrogens with one attached hydrogen (secondary N) is 3. The zero-order valence-corrected chi connectivity index (χ0v) is 46.2. The van der Waals surface area contributed by atoms with Gasteiger partial charge in [0.25, 0.3) is 0 Å². The molecular formula is C56H92N4O12Si. The van der Waals surface area contributed by atoms with E-state index >= 15 is 0 Å². The number of Topliss-reactive ketones (excluding diaryl/α,β-unsaturated/α-hetero) is 3. The molecule has 2 aromatic carbocycles. The van der Waals surface area contributed by atoms with Gasteiger partial charge >= 0.3 is 11.9 Å². The van der Waals surface area contributed by atoms with Gasteiger partial charge in [-0.05, 0) is 70.5 Å².